The zero-order valence-corrected chi connectivity index (χ0v) is 38.3. The molecule has 3 N–H and O–H groups in total. The van der Waals surface area contributed by atoms with E-state index in [1.165, 1.54) is 69.1 Å². The van der Waals surface area contributed by atoms with E-state index >= 15 is 0 Å². The van der Waals surface area contributed by atoms with Crippen molar-refractivity contribution >= 4 is 0 Å². The first-order valence-corrected chi connectivity index (χ1v) is 21.2. The number of hydrogen-bond acceptors (Lipinski definition) is 5. The van der Waals surface area contributed by atoms with E-state index in [1.54, 1.807) is 0 Å². The molecule has 0 amide bonds. The molecule has 1 saturated carbocycles. The molecule has 1 aliphatic heterocycles. The van der Waals surface area contributed by atoms with Gasteiger partial charge in [0, 0.05) is 48.2 Å². The van der Waals surface area contributed by atoms with E-state index < -0.39 is 0 Å². The summed E-state index contributed by atoms with van der Waals surface area (Å²) >= 11 is 0. The average Bonchev–Trinajstić information content (AvgIpc) is 3.54. The minimum Gasteiger partial charge on any atom is -0.477 e. The van der Waals surface area contributed by atoms with E-state index in [0.29, 0.717) is 47.2 Å². The van der Waals surface area contributed by atoms with Gasteiger partial charge in [0.25, 0.3) is 0 Å². The van der Waals surface area contributed by atoms with Gasteiger partial charge in [-0.2, -0.15) is 0 Å². The molecule has 0 bridgehead atoms. The first-order chi connectivity index (χ1) is 24.8. The zero-order valence-electron chi connectivity index (χ0n) is 38.3. The van der Waals surface area contributed by atoms with Gasteiger partial charge in [-0.15, -0.1) is 6.58 Å². The Kier molecular flexibility index (Phi) is 22.7. The molecule has 0 radical (unpaired) electrons. The van der Waals surface area contributed by atoms with Gasteiger partial charge in [0.05, 0.1) is 6.04 Å². The smallest absolute Gasteiger partial charge is 0.179 e. The third-order valence-electron chi connectivity index (χ3n) is 11.8. The molecular weight excluding hydrogens is 661 g/mol. The molecule has 0 aromatic carbocycles. The van der Waals surface area contributed by atoms with Crippen molar-refractivity contribution in [1.29, 1.82) is 0 Å². The number of ether oxygens (including phenoxy) is 1. The lowest BCUT2D eigenvalue weighted by molar-refractivity contribution is 0.116. The molecule has 54 heavy (non-hydrogen) atoms. The highest BCUT2D eigenvalue weighted by Gasteiger charge is 2.42. The molecule has 0 aromatic rings. The lowest BCUT2D eigenvalue weighted by Crippen LogP contribution is -2.43. The Morgan fingerprint density at radius 2 is 1.48 bits per heavy atom. The molecular formula is C49H90N4O. The van der Waals surface area contributed by atoms with Crippen molar-refractivity contribution in [1.82, 2.24) is 20.9 Å². The van der Waals surface area contributed by atoms with Gasteiger partial charge in [-0.05, 0) is 93.6 Å². The topological polar surface area (TPSA) is 48.6 Å². The van der Waals surface area contributed by atoms with Crippen LogP contribution >= 0.6 is 0 Å². The molecule has 1 heterocycles. The largest absolute Gasteiger partial charge is 0.477 e. The molecule has 2 aliphatic rings. The van der Waals surface area contributed by atoms with Crippen LogP contribution in [0.15, 0.2) is 86.2 Å². The van der Waals surface area contributed by atoms with E-state index in [4.69, 9.17) is 4.74 Å². The summed E-state index contributed by atoms with van der Waals surface area (Å²) in [6.07, 6.45) is 13.7. The maximum Gasteiger partial charge on any atom is 0.179 e. The van der Waals surface area contributed by atoms with Crippen LogP contribution in [-0.4, -0.2) is 42.7 Å². The van der Waals surface area contributed by atoms with Gasteiger partial charge in [0.2, 0.25) is 0 Å². The monoisotopic (exact) mass is 751 g/mol. The van der Waals surface area contributed by atoms with Crippen LogP contribution in [0.5, 0.6) is 0 Å². The molecule has 2 rings (SSSR count). The fourth-order valence-electron chi connectivity index (χ4n) is 7.34. The second-order valence-corrected chi connectivity index (χ2v) is 19.3. The number of rotatable bonds is 19. The lowest BCUT2D eigenvalue weighted by Gasteiger charge is -2.44. The maximum absolute atomic E-state index is 5.63. The van der Waals surface area contributed by atoms with Crippen molar-refractivity contribution in [2.45, 2.75) is 173 Å². The number of likely N-dealkylation sites (tertiary alicyclic amines) is 1. The average molecular weight is 751 g/mol. The summed E-state index contributed by atoms with van der Waals surface area (Å²) < 4.78 is 5.63. The van der Waals surface area contributed by atoms with Crippen LogP contribution in [0.3, 0.4) is 0 Å². The van der Waals surface area contributed by atoms with E-state index in [2.05, 4.69) is 157 Å². The molecule has 4 unspecified atom stereocenters. The predicted molar refractivity (Wildman–Crippen MR) is 242 cm³/mol. The Labute approximate surface area is 337 Å². The highest BCUT2D eigenvalue weighted by molar-refractivity contribution is 5.25. The first kappa shape index (κ1) is 51.2. The summed E-state index contributed by atoms with van der Waals surface area (Å²) in [7, 11) is 0. The van der Waals surface area contributed by atoms with Crippen LogP contribution < -0.4 is 16.0 Å². The minimum atomic E-state index is 0.108. The van der Waals surface area contributed by atoms with Gasteiger partial charge in [-0.1, -0.05) is 146 Å². The summed E-state index contributed by atoms with van der Waals surface area (Å²) in [4.78, 5) is 2.61. The fourth-order valence-corrected chi connectivity index (χ4v) is 7.34. The number of nitrogens with one attached hydrogen (secondary N) is 3. The van der Waals surface area contributed by atoms with Crippen molar-refractivity contribution in [3.63, 3.8) is 0 Å². The van der Waals surface area contributed by atoms with Crippen molar-refractivity contribution in [3.8, 4) is 0 Å². The number of nitrogens with zero attached hydrogens (tertiary/aromatic N) is 1. The number of allylic oxidation sites excluding steroid dienone is 3. The van der Waals surface area contributed by atoms with Crippen molar-refractivity contribution in [2.75, 3.05) is 19.7 Å². The molecule has 312 valence electrons. The lowest BCUT2D eigenvalue weighted by atomic mass is 9.67. The normalized spacial score (nSPS) is 19.7. The van der Waals surface area contributed by atoms with E-state index in [-0.39, 0.29) is 11.5 Å². The Hall–Kier alpha value is -2.82. The summed E-state index contributed by atoms with van der Waals surface area (Å²) in [5.41, 5.74) is 6.62. The van der Waals surface area contributed by atoms with Crippen LogP contribution in [0.4, 0.5) is 0 Å². The van der Waals surface area contributed by atoms with Crippen molar-refractivity contribution in [3.05, 3.63) is 86.2 Å². The Morgan fingerprint density at radius 1 is 0.907 bits per heavy atom. The van der Waals surface area contributed by atoms with E-state index in [0.717, 1.165) is 36.0 Å². The highest BCUT2D eigenvalue weighted by Crippen LogP contribution is 2.48. The van der Waals surface area contributed by atoms with E-state index in [9.17, 15) is 0 Å². The Bertz CT molecular complexity index is 1200. The predicted octanol–water partition coefficient (Wildman–Crippen LogP) is 13.1. The van der Waals surface area contributed by atoms with Crippen LogP contribution in [0.1, 0.15) is 155 Å². The van der Waals surface area contributed by atoms with Crippen LogP contribution in [0.25, 0.3) is 0 Å². The Balaban J connectivity index is 0.000000812. The summed E-state index contributed by atoms with van der Waals surface area (Å²) in [6, 6.07) is 1.04. The standard InChI is InChI=1S/C22H39N.C14H28N2O.C13H23N/c1-16(2)20-14-19(21(5,6)7)15-23(20)18(4)17(3)22(8)12-10-9-11-13-22;1-10(2)15-12(5)17-9-13(14(6,7)8)16-11(3)4;1-6-8-9-11(3)12(4)13(5)14-10-7-2/h17,19-20H,1,4,9-15H2,2-3,5-8H3;10,13,15-16H,3,5,9H2,1-2,4,6-8H3;7,11,14H,2,4-6,8-10H2,1,3H3/t17?,19-,20?;;/m1../s1. The molecule has 5 nitrogen and oxygen atoms in total. The third kappa shape index (κ3) is 18.7. The first-order valence-electron chi connectivity index (χ1n) is 21.2. The van der Waals surface area contributed by atoms with Crippen LogP contribution in [0.2, 0.25) is 0 Å². The van der Waals surface area contributed by atoms with Crippen LogP contribution in [0, 0.1) is 34.0 Å². The molecule has 0 spiro atoms. The summed E-state index contributed by atoms with van der Waals surface area (Å²) in [5, 5.41) is 9.65. The van der Waals surface area contributed by atoms with Gasteiger partial charge in [0.15, 0.2) is 5.88 Å². The molecule has 5 heteroatoms. The second kappa shape index (κ2) is 24.0. The van der Waals surface area contributed by atoms with Crippen molar-refractivity contribution in [2.24, 2.45) is 34.0 Å². The van der Waals surface area contributed by atoms with Gasteiger partial charge in [-0.3, -0.25) is 0 Å². The van der Waals surface area contributed by atoms with Gasteiger partial charge in [-0.25, -0.2) is 0 Å². The second-order valence-electron chi connectivity index (χ2n) is 19.3. The maximum atomic E-state index is 5.63. The van der Waals surface area contributed by atoms with Gasteiger partial charge < -0.3 is 25.6 Å². The fraction of sp³-hybridized carbons (Fsp3) is 0.714. The SMILES string of the molecule is C=C(C)C1C[C@@H](C(C)(C)C)CN1C(=C)C(C)C1(C)CCCCC1.C=C(C)NC(COC(=C)NC(C)C)C(C)(C)C.C=CCNC(=C)C(=C)C(C)CCCC. The highest BCUT2D eigenvalue weighted by atomic mass is 16.5. The van der Waals surface area contributed by atoms with Crippen molar-refractivity contribution < 1.29 is 4.74 Å². The number of hydrogen-bond donors (Lipinski definition) is 3. The minimum absolute atomic E-state index is 0.108. The summed E-state index contributed by atoms with van der Waals surface area (Å²) in [6.45, 7) is 62.1. The van der Waals surface area contributed by atoms with E-state index in [1.807, 2.05) is 13.0 Å². The van der Waals surface area contributed by atoms with Gasteiger partial charge >= 0.3 is 0 Å². The van der Waals surface area contributed by atoms with Gasteiger partial charge in [0.1, 0.15) is 6.61 Å². The molecule has 1 saturated heterocycles. The Morgan fingerprint density at radius 3 is 1.93 bits per heavy atom. The molecule has 1 aliphatic carbocycles. The van der Waals surface area contributed by atoms with Crippen LogP contribution in [-0.2, 0) is 4.74 Å². The molecule has 0 aromatic heterocycles. The third-order valence-corrected chi connectivity index (χ3v) is 11.8. The molecule has 2 fully saturated rings. The summed E-state index contributed by atoms with van der Waals surface area (Å²) in [5.74, 6) is 2.45. The zero-order chi connectivity index (χ0) is 42.0. The quantitative estimate of drug-likeness (QED) is 0.0697. The molecule has 5 atom stereocenters. The number of unbranched alkanes of at least 4 members (excludes halogenated alkanes) is 1.